The fourth-order valence-corrected chi connectivity index (χ4v) is 2.00. The molecule has 1 N–H and O–H groups in total. The molecule has 2 rings (SSSR count). The van der Waals surface area contributed by atoms with E-state index < -0.39 is 0 Å². The molecule has 0 aliphatic carbocycles. The third-order valence-electron chi connectivity index (χ3n) is 2.73. The van der Waals surface area contributed by atoms with Crippen LogP contribution in [-0.2, 0) is 4.79 Å². The van der Waals surface area contributed by atoms with Crippen molar-refractivity contribution in [3.63, 3.8) is 0 Å². The van der Waals surface area contributed by atoms with Gasteiger partial charge in [-0.15, -0.1) is 0 Å². The summed E-state index contributed by atoms with van der Waals surface area (Å²) in [5, 5.41) is 10.7. The van der Waals surface area contributed by atoms with Gasteiger partial charge in [-0.3, -0.25) is 14.8 Å². The number of carbonyl (C=O) groups is 1. The molecule has 2 aliphatic heterocycles. The van der Waals surface area contributed by atoms with Crippen molar-refractivity contribution in [2.45, 2.75) is 13.3 Å². The number of allylic oxidation sites excluding steroid dienone is 3. The van der Waals surface area contributed by atoms with Gasteiger partial charge in [0, 0.05) is 31.4 Å². The Kier molecular flexibility index (Phi) is 2.79. The number of carbonyl (C=O) groups excluding carboxylic acids is 1. The van der Waals surface area contributed by atoms with Crippen molar-refractivity contribution in [2.24, 2.45) is 4.99 Å². The fraction of sp³-hybridized carbons (Fsp3) is 0.250. The summed E-state index contributed by atoms with van der Waals surface area (Å²) in [4.78, 5) is 15.0. The van der Waals surface area contributed by atoms with Crippen LogP contribution in [0.3, 0.4) is 0 Å². The van der Waals surface area contributed by atoms with Crippen molar-refractivity contribution < 1.29 is 4.79 Å². The van der Waals surface area contributed by atoms with E-state index in [9.17, 15) is 4.79 Å². The Balaban J connectivity index is 2.52. The van der Waals surface area contributed by atoms with Gasteiger partial charge in [0.25, 0.3) is 0 Å². The van der Waals surface area contributed by atoms with Crippen LogP contribution in [0, 0.1) is 11.3 Å². The van der Waals surface area contributed by atoms with E-state index >= 15 is 0 Å². The predicted octanol–water partition coefficient (Wildman–Crippen LogP) is 1.05. The van der Waals surface area contributed by atoms with Gasteiger partial charge in [-0.2, -0.15) is 5.26 Å². The molecule has 0 bridgehead atoms. The minimum atomic E-state index is 0.501. The van der Waals surface area contributed by atoms with Crippen LogP contribution in [0.25, 0.3) is 0 Å². The van der Waals surface area contributed by atoms with Gasteiger partial charge in [-0.1, -0.05) is 0 Å². The number of nitrogens with zero attached hydrogens (tertiary/aromatic N) is 3. The normalized spacial score (nSPS) is 21.2. The van der Waals surface area contributed by atoms with Gasteiger partial charge in [-0.05, 0) is 12.5 Å². The second-order valence-corrected chi connectivity index (χ2v) is 3.87. The van der Waals surface area contributed by atoms with E-state index in [0.717, 1.165) is 17.6 Å². The maximum Gasteiger partial charge on any atom is 0.147 e. The monoisotopic (exact) mass is 228 g/mol. The second-order valence-electron chi connectivity index (χ2n) is 3.87. The van der Waals surface area contributed by atoms with Crippen LogP contribution in [0.15, 0.2) is 39.8 Å². The number of aldehydes is 1. The second kappa shape index (κ2) is 4.26. The molecular formula is C12H12N4O. The van der Waals surface area contributed by atoms with E-state index in [-0.39, 0.29) is 0 Å². The minimum absolute atomic E-state index is 0.501. The summed E-state index contributed by atoms with van der Waals surface area (Å²) in [6.07, 6.45) is 4.75. The molecule has 86 valence electrons. The largest absolute Gasteiger partial charge is 0.300 e. The molecule has 0 radical (unpaired) electrons. The van der Waals surface area contributed by atoms with Crippen LogP contribution in [0.4, 0.5) is 0 Å². The molecule has 5 nitrogen and oxygen atoms in total. The molecule has 2 aliphatic rings. The summed E-state index contributed by atoms with van der Waals surface area (Å²) >= 11 is 0. The van der Waals surface area contributed by atoms with Crippen molar-refractivity contribution in [1.82, 2.24) is 10.4 Å². The van der Waals surface area contributed by atoms with Gasteiger partial charge in [-0.25, -0.2) is 0 Å². The molecule has 0 amide bonds. The molecule has 2 heterocycles. The molecule has 0 aromatic heterocycles. The van der Waals surface area contributed by atoms with Crippen LogP contribution in [0.2, 0.25) is 0 Å². The summed E-state index contributed by atoms with van der Waals surface area (Å²) in [5.74, 6) is 0. The molecule has 0 aromatic carbocycles. The zero-order chi connectivity index (χ0) is 12.4. The summed E-state index contributed by atoms with van der Waals surface area (Å²) in [5.41, 5.74) is 6.69. The van der Waals surface area contributed by atoms with Gasteiger partial charge in [0.1, 0.15) is 18.1 Å². The predicted molar refractivity (Wildman–Crippen MR) is 63.5 cm³/mol. The first-order chi connectivity index (χ1) is 8.21. The van der Waals surface area contributed by atoms with E-state index in [0.29, 0.717) is 23.3 Å². The highest BCUT2D eigenvalue weighted by Crippen LogP contribution is 2.27. The average Bonchev–Trinajstić information content (AvgIpc) is 2.36. The Morgan fingerprint density at radius 3 is 3.00 bits per heavy atom. The summed E-state index contributed by atoms with van der Waals surface area (Å²) in [6, 6.07) is 2.10. The Morgan fingerprint density at radius 1 is 1.65 bits per heavy atom. The zero-order valence-electron chi connectivity index (χ0n) is 9.69. The smallest absolute Gasteiger partial charge is 0.147 e. The van der Waals surface area contributed by atoms with Gasteiger partial charge in [0.15, 0.2) is 0 Å². The van der Waals surface area contributed by atoms with Crippen molar-refractivity contribution in [1.29, 1.82) is 5.26 Å². The SMILES string of the molecule is CN=C1C(C#N)=CNN2C=C(C=O)CC(C)=C12. The number of nitriles is 1. The van der Waals surface area contributed by atoms with E-state index in [1.807, 2.05) is 6.92 Å². The number of aliphatic imine (C=N–C) groups is 1. The van der Waals surface area contributed by atoms with Crippen molar-refractivity contribution in [3.05, 3.63) is 34.8 Å². The van der Waals surface area contributed by atoms with Gasteiger partial charge in [0.05, 0.1) is 11.3 Å². The van der Waals surface area contributed by atoms with Crippen LogP contribution in [-0.4, -0.2) is 24.1 Å². The first kappa shape index (κ1) is 11.1. The Hall–Kier alpha value is -2.35. The van der Waals surface area contributed by atoms with Crippen LogP contribution >= 0.6 is 0 Å². The Morgan fingerprint density at radius 2 is 2.41 bits per heavy atom. The molecule has 17 heavy (non-hydrogen) atoms. The number of nitrogens with one attached hydrogen (secondary N) is 1. The molecule has 0 aromatic rings. The number of hydrazine groups is 1. The third kappa shape index (κ3) is 1.74. The highest BCUT2D eigenvalue weighted by Gasteiger charge is 2.27. The lowest BCUT2D eigenvalue weighted by atomic mass is 9.96. The maximum absolute atomic E-state index is 10.8. The average molecular weight is 228 g/mol. The fourth-order valence-electron chi connectivity index (χ4n) is 2.00. The van der Waals surface area contributed by atoms with Crippen LogP contribution < -0.4 is 5.43 Å². The minimum Gasteiger partial charge on any atom is -0.300 e. The lowest BCUT2D eigenvalue weighted by Crippen LogP contribution is -2.40. The number of rotatable bonds is 1. The lowest BCUT2D eigenvalue weighted by Gasteiger charge is -2.33. The standard InChI is InChI=1S/C12H12N4O/c1-8-3-9(7-17)6-16-12(8)11(14-2)10(4-13)5-15-16/h5-7,15H,3H2,1-2H3. The first-order valence-corrected chi connectivity index (χ1v) is 5.20. The number of hydrogen-bond donors (Lipinski definition) is 1. The van der Waals surface area contributed by atoms with Gasteiger partial charge in [0.2, 0.25) is 0 Å². The molecular weight excluding hydrogens is 216 g/mol. The highest BCUT2D eigenvalue weighted by atomic mass is 16.1. The zero-order valence-corrected chi connectivity index (χ0v) is 9.69. The van der Waals surface area contributed by atoms with E-state index in [4.69, 9.17) is 5.26 Å². The van der Waals surface area contributed by atoms with E-state index in [1.165, 1.54) is 0 Å². The maximum atomic E-state index is 10.8. The molecule has 0 spiro atoms. The lowest BCUT2D eigenvalue weighted by molar-refractivity contribution is -0.105. The van der Waals surface area contributed by atoms with Crippen molar-refractivity contribution in [3.8, 4) is 6.07 Å². The highest BCUT2D eigenvalue weighted by molar-refractivity contribution is 6.15. The van der Waals surface area contributed by atoms with Crippen LogP contribution in [0.1, 0.15) is 13.3 Å². The Bertz CT molecular complexity index is 531. The summed E-state index contributed by atoms with van der Waals surface area (Å²) < 4.78 is 0. The first-order valence-electron chi connectivity index (χ1n) is 5.20. The van der Waals surface area contributed by atoms with Gasteiger partial charge >= 0.3 is 0 Å². The quantitative estimate of drug-likeness (QED) is 0.681. The molecule has 0 saturated heterocycles. The Labute approximate surface area is 99.4 Å². The molecule has 0 unspecified atom stereocenters. The van der Waals surface area contributed by atoms with Crippen LogP contribution in [0.5, 0.6) is 0 Å². The van der Waals surface area contributed by atoms with E-state index in [2.05, 4.69) is 16.5 Å². The van der Waals surface area contributed by atoms with Gasteiger partial charge < -0.3 is 5.43 Å². The van der Waals surface area contributed by atoms with Crippen molar-refractivity contribution >= 4 is 12.0 Å². The molecule has 0 saturated carbocycles. The summed E-state index contributed by atoms with van der Waals surface area (Å²) in [6.45, 7) is 1.94. The number of fused-ring (bicyclic) bond motifs is 1. The molecule has 0 atom stereocenters. The van der Waals surface area contributed by atoms with Crippen molar-refractivity contribution in [2.75, 3.05) is 7.05 Å². The summed E-state index contributed by atoms with van der Waals surface area (Å²) in [7, 11) is 1.66. The molecule has 0 fully saturated rings. The third-order valence-corrected chi connectivity index (χ3v) is 2.73. The van der Waals surface area contributed by atoms with E-state index in [1.54, 1.807) is 24.5 Å². The molecule has 5 heteroatoms. The number of hydrogen-bond acceptors (Lipinski definition) is 5. The topological polar surface area (TPSA) is 68.5 Å².